The molecule has 4 aliphatic rings. The third-order valence-electron chi connectivity index (χ3n) is 16.3. The maximum Gasteiger partial charge on any atom is 0.158 e. The molecule has 9 heterocycles. The van der Waals surface area contributed by atoms with E-state index in [1.165, 1.54) is 111 Å². The highest BCUT2D eigenvalue weighted by atomic mass is 32.1. The van der Waals surface area contributed by atoms with Gasteiger partial charge in [-0.25, -0.2) is 39.9 Å². The van der Waals surface area contributed by atoms with Crippen molar-refractivity contribution in [3.63, 3.8) is 0 Å². The van der Waals surface area contributed by atoms with E-state index in [0.717, 1.165) is 137 Å². The molecular weight excluding hydrogens is 1220 g/mol. The van der Waals surface area contributed by atoms with E-state index in [4.69, 9.17) is 5.10 Å². The van der Waals surface area contributed by atoms with Crippen LogP contribution in [0.4, 0.5) is 23.3 Å². The van der Waals surface area contributed by atoms with Crippen LogP contribution in [0.3, 0.4) is 0 Å². The van der Waals surface area contributed by atoms with Gasteiger partial charge in [0.2, 0.25) is 0 Å². The first-order chi connectivity index (χ1) is 44.9. The van der Waals surface area contributed by atoms with Crippen molar-refractivity contribution in [1.29, 1.82) is 0 Å². The highest BCUT2D eigenvalue weighted by Gasteiger charge is 2.24. The minimum absolute atomic E-state index is 0. The van der Waals surface area contributed by atoms with Crippen LogP contribution in [0, 0.1) is 0 Å². The average Bonchev–Trinajstić information content (AvgIpc) is 1.70. The molecular formula is C71H73N17S4. The van der Waals surface area contributed by atoms with E-state index in [-0.39, 0.29) is 7.43 Å². The van der Waals surface area contributed by atoms with Crippen LogP contribution in [-0.4, -0.2) is 68.2 Å². The van der Waals surface area contributed by atoms with Gasteiger partial charge in [0.1, 0.15) is 44.6 Å². The summed E-state index contributed by atoms with van der Waals surface area (Å²) < 4.78 is 0. The van der Waals surface area contributed by atoms with Gasteiger partial charge in [0.25, 0.3) is 0 Å². The lowest BCUT2D eigenvalue weighted by atomic mass is 9.97. The quantitative estimate of drug-likeness (QED) is 0.0663. The van der Waals surface area contributed by atoms with Gasteiger partial charge in [0.15, 0.2) is 23.3 Å². The number of hydrazone groups is 4. The molecule has 0 fully saturated rings. The smallest absolute Gasteiger partial charge is 0.158 e. The third-order valence-corrected chi connectivity index (χ3v) is 21.1. The molecule has 0 saturated heterocycles. The standard InChI is InChI=1S/C23H20N4S.C18H18N4S.C16H15N5S.C13H16N4S.CH4/c1-3-9-16(10-4-1)21(17-11-5-2-6-12-17)26-27-22-20-18-13-7-8-14-19(18)28-23(20)25-15-24-22;1-12(13-7-3-2-4-8-13)21-22-17-16-14-9-5-6-10-15(14)23-18(16)20-11-19-17;1-2-7-13-12(6-1)14-15(18-10-19-16(14)22-13)21-20-9-11-5-3-4-8-17-11;1-8(2)16-17-12-11-9-5-3-4-6-10(9)18-13(11)15-7-14-12;/h1-6,9-12,15H,7-8,13-14H2,(H,24,25,27);2-4,7-8,11H,5-6,9-10H2,1H3,(H,19,20,22);3-5,8-10H,1-2,6-7H2,(H,18,19,21);7H,3-6H2,1-2H3,(H,14,15,17);1H4/b;21-12-;20-9-;;. The Kier molecular flexibility index (Phi) is 20.8. The number of anilines is 4. The summed E-state index contributed by atoms with van der Waals surface area (Å²) >= 11 is 7.20. The van der Waals surface area contributed by atoms with Crippen LogP contribution < -0.4 is 21.7 Å². The topological polar surface area (TPSA) is 214 Å². The summed E-state index contributed by atoms with van der Waals surface area (Å²) in [6, 6.07) is 36.4. The van der Waals surface area contributed by atoms with Crippen molar-refractivity contribution < 1.29 is 0 Å². The van der Waals surface area contributed by atoms with Crippen LogP contribution in [-0.2, 0) is 51.4 Å². The Labute approximate surface area is 552 Å². The monoisotopic (exact) mass is 1290 g/mol. The highest BCUT2D eigenvalue weighted by molar-refractivity contribution is 7.20. The number of hydrogen-bond donors (Lipinski definition) is 4. The number of nitrogens with one attached hydrogen (secondary N) is 4. The minimum atomic E-state index is 0. The van der Waals surface area contributed by atoms with Gasteiger partial charge in [-0.15, -0.1) is 45.3 Å². The van der Waals surface area contributed by atoms with Gasteiger partial charge in [-0.2, -0.15) is 20.4 Å². The van der Waals surface area contributed by atoms with E-state index in [1.54, 1.807) is 71.7 Å². The zero-order chi connectivity index (χ0) is 61.7. The molecule has 0 aliphatic heterocycles. The molecule has 0 unspecified atom stereocenters. The van der Waals surface area contributed by atoms with Crippen molar-refractivity contribution >= 4 is 133 Å². The number of rotatable bonds is 12. The fourth-order valence-corrected chi connectivity index (χ4v) is 16.9. The summed E-state index contributed by atoms with van der Waals surface area (Å²) in [6.07, 6.45) is 29.2. The van der Waals surface area contributed by atoms with Gasteiger partial charge >= 0.3 is 0 Å². The predicted molar refractivity (Wildman–Crippen MR) is 385 cm³/mol. The second-order valence-electron chi connectivity index (χ2n) is 22.7. The van der Waals surface area contributed by atoms with Crippen LogP contribution in [0.2, 0.25) is 0 Å². The van der Waals surface area contributed by atoms with Crippen LogP contribution in [0.5, 0.6) is 0 Å². The first kappa shape index (κ1) is 63.0. The molecule has 0 spiro atoms. The lowest BCUT2D eigenvalue weighted by molar-refractivity contribution is 0.700. The Morgan fingerprint density at radius 2 is 0.717 bits per heavy atom. The Bertz CT molecular complexity index is 4550. The largest absolute Gasteiger partial charge is 0.261 e. The van der Waals surface area contributed by atoms with E-state index < -0.39 is 0 Å². The van der Waals surface area contributed by atoms with E-state index >= 15 is 0 Å². The molecule has 0 amide bonds. The molecule has 21 heteroatoms. The van der Waals surface area contributed by atoms with Crippen molar-refractivity contribution in [2.45, 2.75) is 131 Å². The molecule has 0 saturated carbocycles. The number of thiophene rings is 4. The number of pyridine rings is 1. The van der Waals surface area contributed by atoms with Crippen molar-refractivity contribution in [3.8, 4) is 0 Å². The summed E-state index contributed by atoms with van der Waals surface area (Å²) in [5, 5.41) is 22.5. The SMILES string of the molecule is C.C(=N/Nc1ncnc2sc3c(c12)CCCC3)/c1ccccn1.C/C(=N/Nc1ncnc2sc3c(c12)CCCC3)c1ccccc1.CC(C)=NNc1ncnc2sc3c(c12)CCCC3.c1ccc(C(=NNc2ncnc3sc4c(c23)CCCC4)c2ccccc2)cc1. The second-order valence-corrected chi connectivity index (χ2v) is 27.1. The number of benzene rings is 3. The van der Waals surface area contributed by atoms with E-state index in [0.29, 0.717) is 0 Å². The lowest BCUT2D eigenvalue weighted by Gasteiger charge is -2.12. The summed E-state index contributed by atoms with van der Waals surface area (Å²) in [7, 11) is 0. The first-order valence-corrected chi connectivity index (χ1v) is 34.4. The summed E-state index contributed by atoms with van der Waals surface area (Å²) in [5.74, 6) is 3.26. The minimum Gasteiger partial charge on any atom is -0.261 e. The lowest BCUT2D eigenvalue weighted by Crippen LogP contribution is -2.07. The molecule has 0 radical (unpaired) electrons. The zero-order valence-electron chi connectivity index (χ0n) is 51.1. The van der Waals surface area contributed by atoms with E-state index in [9.17, 15) is 0 Å². The van der Waals surface area contributed by atoms with Gasteiger partial charge in [-0.3, -0.25) is 26.7 Å². The van der Waals surface area contributed by atoms with Crippen LogP contribution >= 0.6 is 45.3 Å². The van der Waals surface area contributed by atoms with Crippen LogP contribution in [0.25, 0.3) is 40.9 Å². The van der Waals surface area contributed by atoms with Crippen molar-refractivity contribution in [3.05, 3.63) is 205 Å². The summed E-state index contributed by atoms with van der Waals surface area (Å²) in [5.41, 5.74) is 25.1. The number of aryl methyl sites for hydroxylation is 8. The predicted octanol–water partition coefficient (Wildman–Crippen LogP) is 17.3. The Morgan fingerprint density at radius 1 is 0.370 bits per heavy atom. The number of hydrogen-bond acceptors (Lipinski definition) is 21. The van der Waals surface area contributed by atoms with Gasteiger partial charge in [0.05, 0.1) is 44.9 Å². The Morgan fingerprint density at radius 3 is 1.10 bits per heavy atom. The number of fused-ring (bicyclic) bond motifs is 12. The van der Waals surface area contributed by atoms with Crippen LogP contribution in [0.15, 0.2) is 161 Å². The fraction of sp³-hybridized carbons (Fsp3) is 0.282. The Balaban J connectivity index is 0.000000119. The zero-order valence-corrected chi connectivity index (χ0v) is 54.4. The second kappa shape index (κ2) is 30.3. The molecule has 9 aromatic heterocycles. The molecule has 4 aliphatic carbocycles. The molecule has 0 atom stereocenters. The number of aromatic nitrogens is 9. The molecule has 4 N–H and O–H groups in total. The average molecular weight is 1290 g/mol. The van der Waals surface area contributed by atoms with Gasteiger partial charge < -0.3 is 0 Å². The van der Waals surface area contributed by atoms with Gasteiger partial charge in [-0.1, -0.05) is 104 Å². The van der Waals surface area contributed by atoms with Crippen molar-refractivity contribution in [1.82, 2.24) is 44.9 Å². The maximum absolute atomic E-state index is 4.79. The van der Waals surface area contributed by atoms with Crippen LogP contribution in [0.1, 0.15) is 144 Å². The van der Waals surface area contributed by atoms with Crippen molar-refractivity contribution in [2.24, 2.45) is 20.4 Å². The molecule has 92 heavy (non-hydrogen) atoms. The summed E-state index contributed by atoms with van der Waals surface area (Å²) in [6.45, 7) is 5.94. The molecule has 466 valence electrons. The van der Waals surface area contributed by atoms with Gasteiger partial charge in [-0.05, 0) is 163 Å². The molecule has 12 aromatic rings. The van der Waals surface area contributed by atoms with Gasteiger partial charge in [0, 0.05) is 42.5 Å². The van der Waals surface area contributed by atoms with E-state index in [2.05, 4.69) is 118 Å². The molecule has 16 rings (SSSR count). The number of nitrogens with zero attached hydrogens (tertiary/aromatic N) is 13. The Hall–Kier alpha value is -9.15. The van der Waals surface area contributed by atoms with Crippen molar-refractivity contribution in [2.75, 3.05) is 21.7 Å². The maximum atomic E-state index is 4.79. The highest BCUT2D eigenvalue weighted by Crippen LogP contribution is 2.42. The fourth-order valence-electron chi connectivity index (χ4n) is 12.0. The molecule has 0 bridgehead atoms. The molecule has 17 nitrogen and oxygen atoms in total. The third kappa shape index (κ3) is 14.6. The summed E-state index contributed by atoms with van der Waals surface area (Å²) in [4.78, 5) is 49.8. The first-order valence-electron chi connectivity index (χ1n) is 31.2. The molecule has 3 aromatic carbocycles. The van der Waals surface area contributed by atoms with E-state index in [1.807, 2.05) is 105 Å². The normalized spacial score (nSPS) is 13.9.